The lowest BCUT2D eigenvalue weighted by Crippen LogP contribution is -2.10. The van der Waals surface area contributed by atoms with Crippen molar-refractivity contribution < 1.29 is 0 Å². The number of nitrogens with zero attached hydrogens (tertiary/aromatic N) is 1. The van der Waals surface area contributed by atoms with Gasteiger partial charge in [0.2, 0.25) is 0 Å². The molecule has 20 heavy (non-hydrogen) atoms. The fraction of sp³-hybridized carbons (Fsp3) is 0.235. The maximum atomic E-state index is 6.44. The number of pyridine rings is 1. The van der Waals surface area contributed by atoms with E-state index in [0.717, 1.165) is 16.5 Å². The van der Waals surface area contributed by atoms with Crippen LogP contribution in [0.3, 0.4) is 0 Å². The van der Waals surface area contributed by atoms with Gasteiger partial charge in [0.1, 0.15) is 0 Å². The van der Waals surface area contributed by atoms with E-state index in [1.54, 1.807) is 0 Å². The fourth-order valence-electron chi connectivity index (χ4n) is 2.93. The summed E-state index contributed by atoms with van der Waals surface area (Å²) in [5.74, 6) is 0. The first kappa shape index (κ1) is 12.1. The number of hydrogen-bond acceptors (Lipinski definition) is 3. The van der Waals surface area contributed by atoms with Gasteiger partial charge in [0.05, 0.1) is 11.6 Å². The molecule has 3 heteroatoms. The molecule has 0 saturated carbocycles. The minimum Gasteiger partial charge on any atom is -0.320 e. The third kappa shape index (κ3) is 1.94. The Morgan fingerprint density at radius 3 is 2.95 bits per heavy atom. The monoisotopic (exact) mass is 280 g/mol. The highest BCUT2D eigenvalue weighted by Crippen LogP contribution is 2.35. The van der Waals surface area contributed by atoms with E-state index in [1.165, 1.54) is 34.6 Å². The van der Waals surface area contributed by atoms with Gasteiger partial charge in [-0.3, -0.25) is 4.98 Å². The summed E-state index contributed by atoms with van der Waals surface area (Å²) in [4.78, 5) is 7.32. The predicted molar refractivity (Wildman–Crippen MR) is 84.1 cm³/mol. The highest BCUT2D eigenvalue weighted by atomic mass is 32.1. The maximum absolute atomic E-state index is 6.44. The van der Waals surface area contributed by atoms with Crippen LogP contribution in [0, 0.1) is 0 Å². The van der Waals surface area contributed by atoms with Crippen LogP contribution in [0.25, 0.3) is 10.9 Å². The second kappa shape index (κ2) is 4.69. The van der Waals surface area contributed by atoms with Gasteiger partial charge >= 0.3 is 0 Å². The molecule has 4 rings (SSSR count). The second-order valence-electron chi connectivity index (χ2n) is 5.39. The Morgan fingerprint density at radius 1 is 1.15 bits per heavy atom. The molecule has 0 saturated heterocycles. The maximum Gasteiger partial charge on any atom is 0.0702 e. The number of benzene rings is 1. The van der Waals surface area contributed by atoms with Gasteiger partial charge in [-0.25, -0.2) is 0 Å². The van der Waals surface area contributed by atoms with Crippen molar-refractivity contribution in [1.82, 2.24) is 4.98 Å². The minimum atomic E-state index is -0.0530. The summed E-state index contributed by atoms with van der Waals surface area (Å²) >= 11 is 1.88. The Bertz CT molecular complexity index is 754. The third-order valence-electron chi connectivity index (χ3n) is 4.04. The third-order valence-corrected chi connectivity index (χ3v) is 5.36. The van der Waals surface area contributed by atoms with E-state index < -0.39 is 0 Å². The van der Waals surface area contributed by atoms with Gasteiger partial charge in [-0.15, -0.1) is 11.3 Å². The normalized spacial score (nSPS) is 15.4. The number of thiophene rings is 1. The van der Waals surface area contributed by atoms with Crippen LogP contribution in [0.1, 0.15) is 33.3 Å². The molecule has 2 heterocycles. The first-order chi connectivity index (χ1) is 9.81. The molecule has 3 aromatic rings. The molecular formula is C17H16N2S. The van der Waals surface area contributed by atoms with Gasteiger partial charge in [-0.2, -0.15) is 0 Å². The summed E-state index contributed by atoms with van der Waals surface area (Å²) in [6.45, 7) is 0. The molecule has 1 aliphatic carbocycles. The van der Waals surface area contributed by atoms with E-state index in [1.807, 2.05) is 35.7 Å². The molecule has 0 aliphatic heterocycles. The van der Waals surface area contributed by atoms with Crippen molar-refractivity contribution in [3.8, 4) is 0 Å². The first-order valence-electron chi connectivity index (χ1n) is 7.03. The molecule has 0 radical (unpaired) electrons. The van der Waals surface area contributed by atoms with Crippen LogP contribution in [0.2, 0.25) is 0 Å². The predicted octanol–water partition coefficient (Wildman–Crippen LogP) is 3.83. The highest BCUT2D eigenvalue weighted by molar-refractivity contribution is 7.12. The van der Waals surface area contributed by atoms with Gasteiger partial charge in [0.15, 0.2) is 0 Å². The molecule has 0 amide bonds. The van der Waals surface area contributed by atoms with Crippen molar-refractivity contribution in [2.75, 3.05) is 0 Å². The number of nitrogens with two attached hydrogens (primary N) is 1. The summed E-state index contributed by atoms with van der Waals surface area (Å²) in [6.07, 6.45) is 5.66. The number of fused-ring (bicyclic) bond motifs is 2. The van der Waals surface area contributed by atoms with E-state index >= 15 is 0 Å². The van der Waals surface area contributed by atoms with Crippen molar-refractivity contribution in [3.63, 3.8) is 0 Å². The van der Waals surface area contributed by atoms with Crippen LogP contribution in [0.5, 0.6) is 0 Å². The van der Waals surface area contributed by atoms with Gasteiger partial charge in [-0.1, -0.05) is 18.2 Å². The summed E-state index contributed by atoms with van der Waals surface area (Å²) < 4.78 is 0. The van der Waals surface area contributed by atoms with Crippen LogP contribution in [0.15, 0.2) is 42.6 Å². The average Bonchev–Trinajstić information content (AvgIpc) is 3.07. The fourth-order valence-corrected chi connectivity index (χ4v) is 4.21. The lowest BCUT2D eigenvalue weighted by Gasteiger charge is -2.10. The molecule has 100 valence electrons. The number of hydrogen-bond donors (Lipinski definition) is 1. The second-order valence-corrected chi connectivity index (χ2v) is 6.56. The zero-order valence-corrected chi connectivity index (χ0v) is 12.0. The van der Waals surface area contributed by atoms with E-state index in [2.05, 4.69) is 23.2 Å². The summed E-state index contributed by atoms with van der Waals surface area (Å²) in [5, 5.41) is 1.16. The Morgan fingerprint density at radius 2 is 2.05 bits per heavy atom. The van der Waals surface area contributed by atoms with E-state index in [9.17, 15) is 0 Å². The summed E-state index contributed by atoms with van der Waals surface area (Å²) in [6, 6.07) is 12.6. The lowest BCUT2D eigenvalue weighted by molar-refractivity contribution is 0.878. The topological polar surface area (TPSA) is 38.9 Å². The van der Waals surface area contributed by atoms with Crippen molar-refractivity contribution in [2.24, 2.45) is 5.73 Å². The van der Waals surface area contributed by atoms with Gasteiger partial charge in [0.25, 0.3) is 0 Å². The lowest BCUT2D eigenvalue weighted by atomic mass is 10.1. The Balaban J connectivity index is 1.73. The average molecular weight is 280 g/mol. The largest absolute Gasteiger partial charge is 0.320 e. The van der Waals surface area contributed by atoms with Crippen LogP contribution in [0.4, 0.5) is 0 Å². The Kier molecular flexibility index (Phi) is 2.83. The summed E-state index contributed by atoms with van der Waals surface area (Å²) in [7, 11) is 0. The van der Waals surface area contributed by atoms with Crippen molar-refractivity contribution in [2.45, 2.75) is 25.3 Å². The molecule has 0 spiro atoms. The molecule has 0 bridgehead atoms. The number of aryl methyl sites for hydroxylation is 2. The molecule has 2 nitrogen and oxygen atoms in total. The zero-order chi connectivity index (χ0) is 13.5. The van der Waals surface area contributed by atoms with Crippen LogP contribution >= 0.6 is 11.3 Å². The minimum absolute atomic E-state index is 0.0530. The summed E-state index contributed by atoms with van der Waals surface area (Å²) in [5.41, 5.74) is 10.1. The quantitative estimate of drug-likeness (QED) is 0.774. The van der Waals surface area contributed by atoms with Crippen molar-refractivity contribution >= 4 is 22.2 Å². The number of rotatable bonds is 2. The van der Waals surface area contributed by atoms with Gasteiger partial charge in [-0.05, 0) is 48.6 Å². The number of para-hydroxylation sites is 1. The molecular weight excluding hydrogens is 264 g/mol. The molecule has 2 aromatic heterocycles. The molecule has 1 aromatic carbocycles. The Hall–Kier alpha value is -1.71. The van der Waals surface area contributed by atoms with Gasteiger partial charge < -0.3 is 5.73 Å². The molecule has 1 unspecified atom stereocenters. The van der Waals surface area contributed by atoms with Crippen LogP contribution in [-0.2, 0) is 12.8 Å². The Labute approximate surface area is 122 Å². The molecule has 0 fully saturated rings. The van der Waals surface area contributed by atoms with Crippen molar-refractivity contribution in [3.05, 3.63) is 63.5 Å². The molecule has 1 atom stereocenters. The highest BCUT2D eigenvalue weighted by Gasteiger charge is 2.19. The zero-order valence-electron chi connectivity index (χ0n) is 11.2. The molecule has 1 aliphatic rings. The van der Waals surface area contributed by atoms with E-state index in [4.69, 9.17) is 5.73 Å². The van der Waals surface area contributed by atoms with Gasteiger partial charge in [0, 0.05) is 21.3 Å². The smallest absolute Gasteiger partial charge is 0.0702 e. The van der Waals surface area contributed by atoms with Crippen LogP contribution < -0.4 is 5.73 Å². The van der Waals surface area contributed by atoms with E-state index in [-0.39, 0.29) is 6.04 Å². The SMILES string of the molecule is NC(c1cnc2ccccc2c1)c1cc2c(s1)CCC2. The van der Waals surface area contributed by atoms with Crippen LogP contribution in [-0.4, -0.2) is 4.98 Å². The number of aromatic nitrogens is 1. The first-order valence-corrected chi connectivity index (χ1v) is 7.85. The molecule has 2 N–H and O–H groups in total. The van der Waals surface area contributed by atoms with Crippen molar-refractivity contribution in [1.29, 1.82) is 0 Å². The van der Waals surface area contributed by atoms with E-state index in [0.29, 0.717) is 0 Å². The standard InChI is InChI=1S/C17H16N2S/c18-17(16-9-12-5-3-7-15(12)20-16)13-8-11-4-1-2-6-14(11)19-10-13/h1-2,4,6,8-10,17H,3,5,7,18H2.